The van der Waals surface area contributed by atoms with Gasteiger partial charge < -0.3 is 14.3 Å². The number of benzene rings is 1. The summed E-state index contributed by atoms with van der Waals surface area (Å²) in [5.74, 6) is 0.803. The van der Waals surface area contributed by atoms with Crippen molar-refractivity contribution in [2.75, 3.05) is 20.2 Å². The number of esters is 1. The van der Waals surface area contributed by atoms with Gasteiger partial charge in [-0.25, -0.2) is 9.78 Å². The van der Waals surface area contributed by atoms with Crippen molar-refractivity contribution in [3.63, 3.8) is 0 Å². The van der Waals surface area contributed by atoms with Crippen molar-refractivity contribution in [1.82, 2.24) is 19.4 Å². The van der Waals surface area contributed by atoms with E-state index >= 15 is 0 Å². The Morgan fingerprint density at radius 1 is 1.20 bits per heavy atom. The van der Waals surface area contributed by atoms with Gasteiger partial charge in [-0.3, -0.25) is 14.5 Å². The van der Waals surface area contributed by atoms with Gasteiger partial charge in [-0.2, -0.15) is 0 Å². The molecule has 1 N–H and O–H groups in total. The standard InChI is InChI=1S/C22H22N4O4/c1-30-22(29)14-5-6-16-17(8-14)23-19(24-21(16)28)12-25-9-13-7-15(11-25)18-3-2-4-20(27)26(18)10-13/h2-6,8,13,15H,7,9-12H2,1H3,(H,23,24,28). The maximum absolute atomic E-state index is 12.5. The van der Waals surface area contributed by atoms with Crippen molar-refractivity contribution >= 4 is 16.9 Å². The Kier molecular flexibility index (Phi) is 4.51. The van der Waals surface area contributed by atoms with E-state index in [-0.39, 0.29) is 11.1 Å². The average molecular weight is 406 g/mol. The van der Waals surface area contributed by atoms with Crippen LogP contribution in [0.15, 0.2) is 46.0 Å². The predicted octanol–water partition coefficient (Wildman–Crippen LogP) is 1.49. The van der Waals surface area contributed by atoms with Crippen LogP contribution in [0, 0.1) is 5.92 Å². The van der Waals surface area contributed by atoms with E-state index in [1.807, 2.05) is 16.7 Å². The SMILES string of the molecule is COC(=O)c1ccc2c(=O)[nH]c(CN3CC4CC(C3)c3cccc(=O)n3C4)nc2c1. The number of nitrogens with zero attached hydrogens (tertiary/aromatic N) is 3. The van der Waals surface area contributed by atoms with E-state index < -0.39 is 5.97 Å². The summed E-state index contributed by atoms with van der Waals surface area (Å²) >= 11 is 0. The molecule has 0 aliphatic carbocycles. The number of likely N-dealkylation sites (tertiary alicyclic amines) is 1. The van der Waals surface area contributed by atoms with Gasteiger partial charge in [0.2, 0.25) is 0 Å². The van der Waals surface area contributed by atoms with Gasteiger partial charge in [-0.15, -0.1) is 0 Å². The Morgan fingerprint density at radius 3 is 2.90 bits per heavy atom. The third-order valence-corrected chi connectivity index (χ3v) is 6.11. The van der Waals surface area contributed by atoms with Crippen LogP contribution >= 0.6 is 0 Å². The second-order valence-corrected chi connectivity index (χ2v) is 8.13. The van der Waals surface area contributed by atoms with E-state index in [0.29, 0.717) is 40.7 Å². The van der Waals surface area contributed by atoms with Gasteiger partial charge >= 0.3 is 5.97 Å². The summed E-state index contributed by atoms with van der Waals surface area (Å²) in [4.78, 5) is 46.3. The summed E-state index contributed by atoms with van der Waals surface area (Å²) < 4.78 is 6.66. The molecule has 3 aromatic rings. The molecular weight excluding hydrogens is 384 g/mol. The lowest BCUT2D eigenvalue weighted by Crippen LogP contribution is -2.46. The Bertz CT molecular complexity index is 1260. The molecule has 2 aliphatic rings. The normalized spacial score (nSPS) is 20.7. The Balaban J connectivity index is 1.43. The van der Waals surface area contributed by atoms with Crippen molar-refractivity contribution in [2.45, 2.75) is 25.4 Å². The van der Waals surface area contributed by atoms with E-state index in [4.69, 9.17) is 4.74 Å². The molecule has 1 saturated heterocycles. The number of H-pyrrole nitrogens is 1. The number of carbonyl (C=O) groups is 1. The summed E-state index contributed by atoms with van der Waals surface area (Å²) in [5, 5.41) is 0.440. The molecule has 2 unspecified atom stereocenters. The van der Waals surface area contributed by atoms with Crippen LogP contribution in [0.1, 0.15) is 34.2 Å². The molecule has 1 aromatic carbocycles. The fraction of sp³-hybridized carbons (Fsp3) is 0.364. The van der Waals surface area contributed by atoms with Crippen molar-refractivity contribution in [1.29, 1.82) is 0 Å². The van der Waals surface area contributed by atoms with Crippen LogP contribution in [0.2, 0.25) is 0 Å². The van der Waals surface area contributed by atoms with E-state index in [0.717, 1.165) is 31.7 Å². The highest BCUT2D eigenvalue weighted by molar-refractivity contribution is 5.93. The quantitative estimate of drug-likeness (QED) is 0.662. The molecule has 2 atom stereocenters. The molecule has 5 rings (SSSR count). The van der Waals surface area contributed by atoms with Crippen LogP contribution in [-0.2, 0) is 17.8 Å². The van der Waals surface area contributed by atoms with Gasteiger partial charge in [-0.1, -0.05) is 6.07 Å². The number of aromatic amines is 1. The maximum atomic E-state index is 12.5. The zero-order chi connectivity index (χ0) is 20.8. The first-order chi connectivity index (χ1) is 14.5. The molecule has 154 valence electrons. The molecule has 0 saturated carbocycles. The Labute approximate surface area is 172 Å². The molecule has 4 heterocycles. The number of rotatable bonds is 3. The van der Waals surface area contributed by atoms with Crippen LogP contribution in [0.5, 0.6) is 0 Å². The van der Waals surface area contributed by atoms with Crippen LogP contribution < -0.4 is 11.1 Å². The number of pyridine rings is 1. The summed E-state index contributed by atoms with van der Waals surface area (Å²) in [6, 6.07) is 10.2. The third-order valence-electron chi connectivity index (χ3n) is 6.11. The van der Waals surface area contributed by atoms with Gasteiger partial charge in [0, 0.05) is 37.3 Å². The number of nitrogens with one attached hydrogen (secondary N) is 1. The molecule has 2 bridgehead atoms. The molecule has 8 nitrogen and oxygen atoms in total. The predicted molar refractivity (Wildman–Crippen MR) is 111 cm³/mol. The first kappa shape index (κ1) is 18.7. The van der Waals surface area contributed by atoms with Gasteiger partial charge in [0.05, 0.1) is 30.1 Å². The minimum absolute atomic E-state index is 0.0672. The molecule has 0 radical (unpaired) electrons. The number of carbonyl (C=O) groups excluding carboxylic acids is 1. The fourth-order valence-corrected chi connectivity index (χ4v) is 4.84. The molecule has 0 amide bonds. The zero-order valence-electron chi connectivity index (χ0n) is 16.6. The summed E-state index contributed by atoms with van der Waals surface area (Å²) in [5.41, 5.74) is 1.78. The van der Waals surface area contributed by atoms with E-state index in [1.165, 1.54) is 7.11 Å². The van der Waals surface area contributed by atoms with E-state index in [9.17, 15) is 14.4 Å². The van der Waals surface area contributed by atoms with Crippen molar-refractivity contribution in [2.24, 2.45) is 5.92 Å². The first-order valence-electron chi connectivity index (χ1n) is 10.0. The van der Waals surface area contributed by atoms with Crippen LogP contribution in [-0.4, -0.2) is 45.6 Å². The maximum Gasteiger partial charge on any atom is 0.337 e. The lowest BCUT2D eigenvalue weighted by Gasteiger charge is -2.42. The fourth-order valence-electron chi connectivity index (χ4n) is 4.84. The zero-order valence-corrected chi connectivity index (χ0v) is 16.6. The van der Waals surface area contributed by atoms with E-state index in [1.54, 1.807) is 24.3 Å². The van der Waals surface area contributed by atoms with Gasteiger partial charge in [0.15, 0.2) is 0 Å². The smallest absolute Gasteiger partial charge is 0.337 e. The van der Waals surface area contributed by atoms with Crippen molar-refractivity contribution < 1.29 is 9.53 Å². The number of fused-ring (bicyclic) bond motifs is 5. The molecule has 30 heavy (non-hydrogen) atoms. The van der Waals surface area contributed by atoms with E-state index in [2.05, 4.69) is 14.9 Å². The number of piperidine rings is 1. The highest BCUT2D eigenvalue weighted by Gasteiger charge is 2.34. The van der Waals surface area contributed by atoms with Crippen molar-refractivity contribution in [3.8, 4) is 0 Å². The van der Waals surface area contributed by atoms with Crippen molar-refractivity contribution in [3.05, 3.63) is 74.2 Å². The molecule has 1 fully saturated rings. The lowest BCUT2D eigenvalue weighted by atomic mass is 9.83. The monoisotopic (exact) mass is 406 g/mol. The Morgan fingerprint density at radius 2 is 2.07 bits per heavy atom. The molecule has 0 spiro atoms. The summed E-state index contributed by atoms with van der Waals surface area (Å²) in [6.07, 6.45) is 1.07. The Hall–Kier alpha value is -3.26. The highest BCUT2D eigenvalue weighted by atomic mass is 16.5. The molecule has 8 heteroatoms. The molecule has 2 aromatic heterocycles. The van der Waals surface area contributed by atoms with Crippen LogP contribution in [0.25, 0.3) is 10.9 Å². The minimum Gasteiger partial charge on any atom is -0.465 e. The second kappa shape index (κ2) is 7.21. The largest absolute Gasteiger partial charge is 0.465 e. The minimum atomic E-state index is -0.460. The molecule has 2 aliphatic heterocycles. The van der Waals surface area contributed by atoms with Crippen LogP contribution in [0.3, 0.4) is 0 Å². The first-order valence-corrected chi connectivity index (χ1v) is 10.0. The van der Waals surface area contributed by atoms with Crippen LogP contribution in [0.4, 0.5) is 0 Å². The summed E-state index contributed by atoms with van der Waals surface area (Å²) in [6.45, 7) is 2.90. The topological polar surface area (TPSA) is 97.3 Å². The number of hydrogen-bond acceptors (Lipinski definition) is 6. The number of aromatic nitrogens is 3. The van der Waals surface area contributed by atoms with Gasteiger partial charge in [0.25, 0.3) is 11.1 Å². The third kappa shape index (κ3) is 3.23. The van der Waals surface area contributed by atoms with Gasteiger partial charge in [-0.05, 0) is 36.6 Å². The highest BCUT2D eigenvalue weighted by Crippen LogP contribution is 2.35. The number of hydrogen-bond donors (Lipinski definition) is 1. The summed E-state index contributed by atoms with van der Waals surface area (Å²) in [7, 11) is 1.32. The lowest BCUT2D eigenvalue weighted by molar-refractivity contribution is 0.0601. The number of methoxy groups -OCH3 is 1. The molecular formula is C22H22N4O4. The van der Waals surface area contributed by atoms with Gasteiger partial charge in [0.1, 0.15) is 5.82 Å². The number of ether oxygens (including phenoxy) is 1. The average Bonchev–Trinajstić information content (AvgIpc) is 2.73. The second-order valence-electron chi connectivity index (χ2n) is 8.13.